The normalized spacial score (nSPS) is 11.0. The molecule has 4 rings (SSSR count). The zero-order valence-corrected chi connectivity index (χ0v) is 16.2. The van der Waals surface area contributed by atoms with E-state index in [2.05, 4.69) is 10.4 Å². The van der Waals surface area contributed by atoms with Crippen LogP contribution in [-0.4, -0.2) is 9.78 Å². The number of hydrogen-bond donors (Lipinski definition) is 1. The van der Waals surface area contributed by atoms with E-state index < -0.39 is 0 Å². The summed E-state index contributed by atoms with van der Waals surface area (Å²) in [7, 11) is 1.91. The van der Waals surface area contributed by atoms with Crippen LogP contribution in [0, 0.1) is 20.8 Å². The van der Waals surface area contributed by atoms with Gasteiger partial charge in [-0.25, -0.2) is 0 Å². The summed E-state index contributed by atoms with van der Waals surface area (Å²) in [6.07, 6.45) is 0. The van der Waals surface area contributed by atoms with E-state index in [4.69, 9.17) is 9.15 Å². The monoisotopic (exact) mass is 375 g/mol. The van der Waals surface area contributed by atoms with Gasteiger partial charge in [0.1, 0.15) is 17.1 Å². The summed E-state index contributed by atoms with van der Waals surface area (Å²) in [5.41, 5.74) is 4.03. The van der Waals surface area contributed by atoms with Gasteiger partial charge in [0.15, 0.2) is 0 Å². The number of hydrogen-bond acceptors (Lipinski definition) is 5. The van der Waals surface area contributed by atoms with Gasteiger partial charge in [-0.15, -0.1) is 0 Å². The van der Waals surface area contributed by atoms with E-state index in [1.165, 1.54) is 0 Å². The van der Waals surface area contributed by atoms with Gasteiger partial charge >= 0.3 is 0 Å². The molecule has 0 saturated carbocycles. The third kappa shape index (κ3) is 3.13. The highest BCUT2D eigenvalue weighted by Gasteiger charge is 2.15. The zero-order valence-electron chi connectivity index (χ0n) is 16.2. The van der Waals surface area contributed by atoms with Crippen LogP contribution in [-0.2, 0) is 7.05 Å². The molecule has 6 heteroatoms. The number of anilines is 2. The number of benzene rings is 2. The summed E-state index contributed by atoms with van der Waals surface area (Å²) in [6.45, 7) is 5.68. The van der Waals surface area contributed by atoms with Crippen LogP contribution >= 0.6 is 0 Å². The lowest BCUT2D eigenvalue weighted by atomic mass is 10.2. The van der Waals surface area contributed by atoms with Crippen molar-refractivity contribution >= 4 is 22.3 Å². The van der Waals surface area contributed by atoms with Crippen molar-refractivity contribution in [1.82, 2.24) is 9.78 Å². The average Bonchev–Trinajstić information content (AvgIpc) is 2.92. The summed E-state index contributed by atoms with van der Waals surface area (Å²) in [5, 5.41) is 8.26. The standard InChI is InChI=1S/C22H21N3O3/c1-13-20(14(2)25(4)24-13)23-16-10-11-18-19(12-16)27-15(3)22(21(18)26)28-17-8-6-5-7-9-17/h5-12,23H,1-4H3. The van der Waals surface area contributed by atoms with Crippen molar-refractivity contribution in [1.29, 1.82) is 0 Å². The minimum absolute atomic E-state index is 0.192. The molecule has 6 nitrogen and oxygen atoms in total. The smallest absolute Gasteiger partial charge is 0.235 e. The van der Waals surface area contributed by atoms with Crippen molar-refractivity contribution in [2.24, 2.45) is 7.05 Å². The van der Waals surface area contributed by atoms with Gasteiger partial charge in [0, 0.05) is 18.8 Å². The molecule has 2 aromatic carbocycles. The first kappa shape index (κ1) is 17.9. The molecule has 2 heterocycles. The number of nitrogens with zero attached hydrogens (tertiary/aromatic N) is 2. The Bertz CT molecular complexity index is 1220. The first-order valence-corrected chi connectivity index (χ1v) is 9.01. The van der Waals surface area contributed by atoms with E-state index in [0.29, 0.717) is 22.5 Å². The topological polar surface area (TPSA) is 69.3 Å². The molecule has 0 spiro atoms. The van der Waals surface area contributed by atoms with E-state index in [0.717, 1.165) is 22.8 Å². The van der Waals surface area contributed by atoms with Crippen LogP contribution in [0.25, 0.3) is 11.0 Å². The fourth-order valence-electron chi connectivity index (χ4n) is 3.19. The Hall–Kier alpha value is -3.54. The summed E-state index contributed by atoms with van der Waals surface area (Å²) >= 11 is 0. The number of aryl methyl sites for hydroxylation is 3. The quantitative estimate of drug-likeness (QED) is 0.544. The molecule has 142 valence electrons. The second-order valence-corrected chi connectivity index (χ2v) is 6.74. The number of rotatable bonds is 4. The highest BCUT2D eigenvalue weighted by Crippen LogP contribution is 2.29. The largest absolute Gasteiger partial charge is 0.457 e. The van der Waals surface area contributed by atoms with Gasteiger partial charge in [0.05, 0.1) is 22.5 Å². The zero-order chi connectivity index (χ0) is 19.8. The molecule has 0 aliphatic rings. The summed E-state index contributed by atoms with van der Waals surface area (Å²) in [6, 6.07) is 14.6. The molecule has 0 bridgehead atoms. The van der Waals surface area contributed by atoms with Crippen LogP contribution in [0.3, 0.4) is 0 Å². The number of aromatic nitrogens is 2. The fourth-order valence-corrected chi connectivity index (χ4v) is 3.19. The SMILES string of the molecule is Cc1nn(C)c(C)c1Nc1ccc2c(=O)c(Oc3ccccc3)c(C)oc2c1. The van der Waals surface area contributed by atoms with Crippen LogP contribution in [0.5, 0.6) is 11.5 Å². The Morgan fingerprint density at radius 3 is 2.50 bits per heavy atom. The van der Waals surface area contributed by atoms with E-state index in [-0.39, 0.29) is 11.2 Å². The predicted molar refractivity (Wildman–Crippen MR) is 110 cm³/mol. The number of fused-ring (bicyclic) bond motifs is 1. The third-order valence-electron chi connectivity index (χ3n) is 4.76. The maximum atomic E-state index is 12.9. The lowest BCUT2D eigenvalue weighted by Gasteiger charge is -2.11. The molecule has 0 amide bonds. The third-order valence-corrected chi connectivity index (χ3v) is 4.76. The van der Waals surface area contributed by atoms with Gasteiger partial charge < -0.3 is 14.5 Å². The molecule has 28 heavy (non-hydrogen) atoms. The van der Waals surface area contributed by atoms with Gasteiger partial charge in [-0.2, -0.15) is 5.10 Å². The van der Waals surface area contributed by atoms with Gasteiger partial charge in [0.25, 0.3) is 0 Å². The summed E-state index contributed by atoms with van der Waals surface area (Å²) < 4.78 is 13.5. The minimum atomic E-state index is -0.192. The molecule has 0 saturated heterocycles. The molecule has 0 aliphatic carbocycles. The van der Waals surface area contributed by atoms with E-state index >= 15 is 0 Å². The van der Waals surface area contributed by atoms with Gasteiger partial charge in [0.2, 0.25) is 11.2 Å². The molecule has 0 fully saturated rings. The Morgan fingerprint density at radius 1 is 1.07 bits per heavy atom. The lowest BCUT2D eigenvalue weighted by molar-refractivity contribution is 0.437. The van der Waals surface area contributed by atoms with Crippen LogP contribution in [0.1, 0.15) is 17.1 Å². The van der Waals surface area contributed by atoms with Gasteiger partial charge in [-0.1, -0.05) is 18.2 Å². The maximum absolute atomic E-state index is 12.9. The van der Waals surface area contributed by atoms with Crippen molar-refractivity contribution in [3.05, 3.63) is 75.9 Å². The fraction of sp³-hybridized carbons (Fsp3) is 0.182. The predicted octanol–water partition coefficient (Wildman–Crippen LogP) is 4.99. The second-order valence-electron chi connectivity index (χ2n) is 6.74. The number of para-hydroxylation sites is 1. The number of ether oxygens (including phenoxy) is 1. The van der Waals surface area contributed by atoms with Crippen molar-refractivity contribution in [2.45, 2.75) is 20.8 Å². The summed E-state index contributed by atoms with van der Waals surface area (Å²) in [4.78, 5) is 12.9. The molecule has 1 N–H and O–H groups in total. The van der Waals surface area contributed by atoms with Crippen LogP contribution in [0.4, 0.5) is 11.4 Å². The van der Waals surface area contributed by atoms with Crippen LogP contribution in [0.15, 0.2) is 57.7 Å². The first-order chi connectivity index (χ1) is 13.4. The molecular weight excluding hydrogens is 354 g/mol. The Balaban J connectivity index is 1.73. The van der Waals surface area contributed by atoms with Gasteiger partial charge in [-0.3, -0.25) is 9.48 Å². The molecular formula is C22H21N3O3. The molecule has 4 aromatic rings. The second kappa shape index (κ2) is 6.88. The van der Waals surface area contributed by atoms with E-state index in [1.807, 2.05) is 55.9 Å². The van der Waals surface area contributed by atoms with E-state index in [9.17, 15) is 4.79 Å². The van der Waals surface area contributed by atoms with E-state index in [1.54, 1.807) is 25.1 Å². The highest BCUT2D eigenvalue weighted by molar-refractivity contribution is 5.83. The van der Waals surface area contributed by atoms with Crippen molar-refractivity contribution in [3.8, 4) is 11.5 Å². The Morgan fingerprint density at radius 2 is 1.82 bits per heavy atom. The summed E-state index contributed by atoms with van der Waals surface area (Å²) in [5.74, 6) is 1.24. The van der Waals surface area contributed by atoms with Crippen molar-refractivity contribution in [3.63, 3.8) is 0 Å². The minimum Gasteiger partial charge on any atom is -0.457 e. The van der Waals surface area contributed by atoms with Crippen LogP contribution in [0.2, 0.25) is 0 Å². The molecule has 0 atom stereocenters. The lowest BCUT2D eigenvalue weighted by Crippen LogP contribution is -2.07. The van der Waals surface area contributed by atoms with Crippen LogP contribution < -0.4 is 15.5 Å². The molecule has 0 aliphatic heterocycles. The average molecular weight is 375 g/mol. The number of nitrogens with one attached hydrogen (secondary N) is 1. The van der Waals surface area contributed by atoms with Crippen molar-refractivity contribution < 1.29 is 9.15 Å². The first-order valence-electron chi connectivity index (χ1n) is 9.01. The van der Waals surface area contributed by atoms with Crippen molar-refractivity contribution in [2.75, 3.05) is 5.32 Å². The highest BCUT2D eigenvalue weighted by atomic mass is 16.5. The Kier molecular flexibility index (Phi) is 4.39. The maximum Gasteiger partial charge on any atom is 0.235 e. The molecule has 2 aromatic heterocycles. The van der Waals surface area contributed by atoms with Gasteiger partial charge in [-0.05, 0) is 45.0 Å². The Labute approximate surface area is 162 Å². The molecule has 0 radical (unpaired) electrons. The molecule has 0 unspecified atom stereocenters.